The van der Waals surface area contributed by atoms with E-state index in [-0.39, 0.29) is 10.9 Å². The van der Waals surface area contributed by atoms with Crippen LogP contribution in [0.15, 0.2) is 18.2 Å². The summed E-state index contributed by atoms with van der Waals surface area (Å²) in [7, 11) is 0. The van der Waals surface area contributed by atoms with Gasteiger partial charge in [0.25, 0.3) is 5.91 Å². The molecule has 0 aliphatic carbocycles. The molecule has 0 fully saturated rings. The van der Waals surface area contributed by atoms with Gasteiger partial charge in [-0.05, 0) is 25.1 Å². The molecule has 0 saturated carbocycles. The molecule has 0 radical (unpaired) electrons. The van der Waals surface area contributed by atoms with Gasteiger partial charge in [-0.25, -0.2) is 0 Å². The second-order valence-corrected chi connectivity index (χ2v) is 5.34. The van der Waals surface area contributed by atoms with Gasteiger partial charge in [0.1, 0.15) is 0 Å². The number of carbonyl (C=O) groups is 1. The molecule has 0 aliphatic rings. The second-order valence-electron chi connectivity index (χ2n) is 3.52. The molecule has 5 nitrogen and oxygen atoms in total. The highest BCUT2D eigenvalue weighted by molar-refractivity contribution is 7.17. The molecule has 0 aliphatic heterocycles. The van der Waals surface area contributed by atoms with Crippen molar-refractivity contribution < 1.29 is 4.79 Å². The van der Waals surface area contributed by atoms with Gasteiger partial charge in [-0.15, -0.1) is 10.2 Å². The number of carbonyl (C=O) groups excluding carboxylic acids is 1. The highest BCUT2D eigenvalue weighted by atomic mass is 35.5. The van der Waals surface area contributed by atoms with Crippen molar-refractivity contribution in [1.29, 1.82) is 0 Å². The third-order valence-corrected chi connectivity index (χ3v) is 3.55. The Balaban J connectivity index is 2.11. The minimum atomic E-state index is -0.356. The summed E-state index contributed by atoms with van der Waals surface area (Å²) < 4.78 is 0. The Kier molecular flexibility index (Phi) is 4.57. The fraction of sp³-hybridized carbons (Fsp3) is 0.182. The van der Waals surface area contributed by atoms with E-state index < -0.39 is 0 Å². The largest absolute Gasteiger partial charge is 0.360 e. The molecule has 2 N–H and O–H groups in total. The summed E-state index contributed by atoms with van der Waals surface area (Å²) in [5.74, 6) is -0.356. The van der Waals surface area contributed by atoms with Gasteiger partial charge >= 0.3 is 0 Å². The van der Waals surface area contributed by atoms with Crippen LogP contribution in [0.2, 0.25) is 10.0 Å². The molecule has 1 heterocycles. The maximum absolute atomic E-state index is 11.9. The number of halogens is 2. The highest BCUT2D eigenvalue weighted by Crippen LogP contribution is 2.26. The van der Waals surface area contributed by atoms with Crippen molar-refractivity contribution in [3.63, 3.8) is 0 Å². The Morgan fingerprint density at radius 1 is 1.37 bits per heavy atom. The van der Waals surface area contributed by atoms with Crippen LogP contribution in [0.1, 0.15) is 16.7 Å². The van der Waals surface area contributed by atoms with Gasteiger partial charge in [0.2, 0.25) is 10.1 Å². The minimum absolute atomic E-state index is 0.266. The van der Waals surface area contributed by atoms with Crippen molar-refractivity contribution in [1.82, 2.24) is 10.2 Å². The van der Waals surface area contributed by atoms with Crippen LogP contribution in [0.5, 0.6) is 0 Å². The number of rotatable bonds is 4. The molecular weight excluding hydrogens is 307 g/mol. The molecule has 8 heteroatoms. The molecule has 100 valence electrons. The van der Waals surface area contributed by atoms with Crippen LogP contribution < -0.4 is 10.6 Å². The lowest BCUT2D eigenvalue weighted by atomic mass is 10.3. The number of anilines is 2. The zero-order chi connectivity index (χ0) is 13.8. The van der Waals surface area contributed by atoms with E-state index in [9.17, 15) is 4.79 Å². The van der Waals surface area contributed by atoms with Crippen molar-refractivity contribution in [2.75, 3.05) is 17.2 Å². The van der Waals surface area contributed by atoms with Gasteiger partial charge in [0.15, 0.2) is 0 Å². The zero-order valence-electron chi connectivity index (χ0n) is 9.91. The molecular formula is C11H10Cl2N4OS. The van der Waals surface area contributed by atoms with Crippen LogP contribution in [-0.4, -0.2) is 22.6 Å². The van der Waals surface area contributed by atoms with Gasteiger partial charge in [-0.1, -0.05) is 34.5 Å². The van der Waals surface area contributed by atoms with Crippen LogP contribution in [0.3, 0.4) is 0 Å². The summed E-state index contributed by atoms with van der Waals surface area (Å²) in [5, 5.41) is 15.0. The lowest BCUT2D eigenvalue weighted by Gasteiger charge is -2.05. The number of nitrogens with zero attached hydrogens (tertiary/aromatic N) is 2. The standard InChI is InChI=1S/C11H10Cl2N4OS/c1-2-14-11-17-16-10(19-11)9(18)15-8-4-3-6(12)5-7(8)13/h3-5H,2H2,1H3,(H,14,17)(H,15,18). The van der Waals surface area contributed by atoms with E-state index in [1.807, 2.05) is 6.92 Å². The van der Waals surface area contributed by atoms with E-state index in [2.05, 4.69) is 20.8 Å². The summed E-state index contributed by atoms with van der Waals surface area (Å²) in [6.45, 7) is 2.66. The highest BCUT2D eigenvalue weighted by Gasteiger charge is 2.14. The average Bonchev–Trinajstić information content (AvgIpc) is 2.82. The third-order valence-electron chi connectivity index (χ3n) is 2.13. The quantitative estimate of drug-likeness (QED) is 0.905. The van der Waals surface area contributed by atoms with Crippen LogP contribution >= 0.6 is 34.5 Å². The predicted octanol–water partition coefficient (Wildman–Crippen LogP) is 3.53. The number of amides is 1. The first-order valence-electron chi connectivity index (χ1n) is 5.44. The number of benzene rings is 1. The molecule has 2 aromatic rings. The van der Waals surface area contributed by atoms with Gasteiger partial charge in [-0.3, -0.25) is 4.79 Å². The topological polar surface area (TPSA) is 66.9 Å². The zero-order valence-corrected chi connectivity index (χ0v) is 12.2. The van der Waals surface area contributed by atoms with Crippen LogP contribution in [0, 0.1) is 0 Å². The number of hydrogen-bond acceptors (Lipinski definition) is 5. The Morgan fingerprint density at radius 2 is 2.16 bits per heavy atom. The Bertz CT molecular complexity index is 602. The molecule has 1 amide bonds. The average molecular weight is 317 g/mol. The van der Waals surface area contributed by atoms with E-state index in [4.69, 9.17) is 23.2 Å². The molecule has 1 aromatic heterocycles. The van der Waals surface area contributed by atoms with Gasteiger partial charge < -0.3 is 10.6 Å². The Hall–Kier alpha value is -1.37. The summed E-state index contributed by atoms with van der Waals surface area (Å²) in [4.78, 5) is 11.9. The molecule has 0 unspecified atom stereocenters. The van der Waals surface area contributed by atoms with Crippen LogP contribution in [0.4, 0.5) is 10.8 Å². The van der Waals surface area contributed by atoms with Crippen LogP contribution in [-0.2, 0) is 0 Å². The summed E-state index contributed by atoms with van der Waals surface area (Å²) >= 11 is 12.9. The first kappa shape index (κ1) is 14.0. The van der Waals surface area contributed by atoms with E-state index in [1.54, 1.807) is 18.2 Å². The number of hydrogen-bond donors (Lipinski definition) is 2. The summed E-state index contributed by atoms with van der Waals surface area (Å²) in [6.07, 6.45) is 0. The second kappa shape index (κ2) is 6.18. The first-order valence-corrected chi connectivity index (χ1v) is 7.01. The number of nitrogens with one attached hydrogen (secondary N) is 2. The molecule has 0 bridgehead atoms. The molecule has 19 heavy (non-hydrogen) atoms. The lowest BCUT2D eigenvalue weighted by molar-refractivity contribution is 0.102. The SMILES string of the molecule is CCNc1nnc(C(=O)Nc2ccc(Cl)cc2Cl)s1. The van der Waals surface area contributed by atoms with Gasteiger partial charge in [-0.2, -0.15) is 0 Å². The number of aromatic nitrogens is 2. The van der Waals surface area contributed by atoms with E-state index >= 15 is 0 Å². The van der Waals surface area contributed by atoms with Crippen LogP contribution in [0.25, 0.3) is 0 Å². The van der Waals surface area contributed by atoms with E-state index in [0.29, 0.717) is 20.9 Å². The fourth-order valence-corrected chi connectivity index (χ4v) is 2.47. The van der Waals surface area contributed by atoms with Crippen molar-refractivity contribution >= 4 is 51.3 Å². The minimum Gasteiger partial charge on any atom is -0.360 e. The van der Waals surface area contributed by atoms with Crippen molar-refractivity contribution in [2.45, 2.75) is 6.92 Å². The third kappa shape index (κ3) is 3.56. The van der Waals surface area contributed by atoms with Crippen molar-refractivity contribution in [3.05, 3.63) is 33.3 Å². The molecule has 0 saturated heterocycles. The monoisotopic (exact) mass is 316 g/mol. The van der Waals surface area contributed by atoms with Crippen molar-refractivity contribution in [2.24, 2.45) is 0 Å². The molecule has 2 rings (SSSR count). The normalized spacial score (nSPS) is 10.3. The maximum atomic E-state index is 11.9. The fourth-order valence-electron chi connectivity index (χ4n) is 1.30. The molecule has 0 spiro atoms. The van der Waals surface area contributed by atoms with E-state index in [1.165, 1.54) is 11.3 Å². The summed E-state index contributed by atoms with van der Waals surface area (Å²) in [6, 6.07) is 4.84. The maximum Gasteiger partial charge on any atom is 0.286 e. The molecule has 1 aromatic carbocycles. The summed E-state index contributed by atoms with van der Waals surface area (Å²) in [5.41, 5.74) is 0.483. The Labute approximate surface area is 123 Å². The Morgan fingerprint density at radius 3 is 2.84 bits per heavy atom. The van der Waals surface area contributed by atoms with E-state index in [0.717, 1.165) is 6.54 Å². The predicted molar refractivity (Wildman–Crippen MR) is 78.5 cm³/mol. The smallest absolute Gasteiger partial charge is 0.286 e. The molecule has 0 atom stereocenters. The van der Waals surface area contributed by atoms with Gasteiger partial charge in [0.05, 0.1) is 10.7 Å². The van der Waals surface area contributed by atoms with Crippen molar-refractivity contribution in [3.8, 4) is 0 Å². The first-order chi connectivity index (χ1) is 9.10. The lowest BCUT2D eigenvalue weighted by Crippen LogP contribution is -2.11. The van der Waals surface area contributed by atoms with Gasteiger partial charge in [0, 0.05) is 11.6 Å².